The summed E-state index contributed by atoms with van der Waals surface area (Å²) in [6, 6.07) is 31.4. The van der Waals surface area contributed by atoms with Gasteiger partial charge in [0.2, 0.25) is 0 Å². The second kappa shape index (κ2) is 11.1. The standard InChI is InChI=1S/C22H18.C6H3N3O7/c1-3-13-21-17(7-1)9-5-11-19(21)15-16-20-12-6-10-18-8-2-4-14-22(18)20;10-6-4(8(13)14)1-3(7(11)12)2-5(6)9(15)16/h1-14H,15-16H2;1-2,10H. The number of hydrogen-bond acceptors (Lipinski definition) is 7. The highest BCUT2D eigenvalue weighted by molar-refractivity contribution is 5.87. The van der Waals surface area contributed by atoms with Crippen molar-refractivity contribution in [1.29, 1.82) is 0 Å². The van der Waals surface area contributed by atoms with Crippen molar-refractivity contribution in [2.75, 3.05) is 0 Å². The van der Waals surface area contributed by atoms with Crippen molar-refractivity contribution in [2.24, 2.45) is 0 Å². The zero-order chi connectivity index (χ0) is 27.2. The summed E-state index contributed by atoms with van der Waals surface area (Å²) in [7, 11) is 0. The van der Waals surface area contributed by atoms with Crippen LogP contribution in [0.25, 0.3) is 21.5 Å². The number of nitrogens with zero attached hydrogens (tertiary/aromatic N) is 3. The van der Waals surface area contributed by atoms with Crippen LogP contribution in [0.2, 0.25) is 0 Å². The summed E-state index contributed by atoms with van der Waals surface area (Å²) in [4.78, 5) is 27.8. The zero-order valence-electron chi connectivity index (χ0n) is 19.9. The predicted molar refractivity (Wildman–Crippen MR) is 143 cm³/mol. The van der Waals surface area contributed by atoms with Crippen molar-refractivity contribution in [3.63, 3.8) is 0 Å². The first-order valence-corrected chi connectivity index (χ1v) is 11.5. The highest BCUT2D eigenvalue weighted by atomic mass is 16.6. The van der Waals surface area contributed by atoms with Gasteiger partial charge in [0.15, 0.2) is 0 Å². The molecule has 10 heteroatoms. The third kappa shape index (κ3) is 5.54. The first kappa shape index (κ1) is 25.7. The van der Waals surface area contributed by atoms with E-state index in [1.165, 1.54) is 32.7 Å². The molecule has 0 fully saturated rings. The average molecular weight is 511 g/mol. The van der Waals surface area contributed by atoms with E-state index < -0.39 is 37.6 Å². The molecule has 0 bridgehead atoms. The van der Waals surface area contributed by atoms with Gasteiger partial charge in [0.1, 0.15) is 0 Å². The smallest absolute Gasteiger partial charge is 0.324 e. The largest absolute Gasteiger partial charge is 0.497 e. The molecule has 0 aliphatic carbocycles. The Morgan fingerprint density at radius 1 is 0.553 bits per heavy atom. The maximum absolute atomic E-state index is 10.4. The number of benzene rings is 5. The third-order valence-electron chi connectivity index (χ3n) is 6.08. The number of nitro benzene ring substituents is 3. The number of nitro groups is 3. The van der Waals surface area contributed by atoms with Gasteiger partial charge in [-0.1, -0.05) is 84.9 Å². The fraction of sp³-hybridized carbons (Fsp3) is 0.0714. The van der Waals surface area contributed by atoms with E-state index in [9.17, 15) is 30.3 Å². The van der Waals surface area contributed by atoms with Gasteiger partial charge >= 0.3 is 11.4 Å². The van der Waals surface area contributed by atoms with Gasteiger partial charge in [-0.25, -0.2) is 0 Å². The lowest BCUT2D eigenvalue weighted by Gasteiger charge is -2.09. The number of non-ortho nitro benzene ring substituents is 1. The van der Waals surface area contributed by atoms with E-state index in [0.29, 0.717) is 12.1 Å². The van der Waals surface area contributed by atoms with Crippen LogP contribution in [0.15, 0.2) is 97.1 Å². The molecule has 5 rings (SSSR count). The van der Waals surface area contributed by atoms with Crippen LogP contribution in [0.3, 0.4) is 0 Å². The molecule has 190 valence electrons. The SMILES string of the molecule is O=[N+]([O-])c1cc([N+](=O)[O-])c(O)c([N+](=O)[O-])c1.c1ccc2c(CCc3cccc4ccccc34)cccc2c1. The van der Waals surface area contributed by atoms with Crippen LogP contribution < -0.4 is 0 Å². The lowest BCUT2D eigenvalue weighted by atomic mass is 9.96. The molecule has 0 amide bonds. The lowest BCUT2D eigenvalue weighted by Crippen LogP contribution is -1.97. The Balaban J connectivity index is 0.000000188. The van der Waals surface area contributed by atoms with Crippen LogP contribution >= 0.6 is 0 Å². The van der Waals surface area contributed by atoms with Crippen molar-refractivity contribution in [2.45, 2.75) is 12.8 Å². The average Bonchev–Trinajstić information content (AvgIpc) is 2.92. The Morgan fingerprint density at radius 2 is 0.947 bits per heavy atom. The molecular formula is C28H21N3O7. The Labute approximate surface area is 215 Å². The van der Waals surface area contributed by atoms with Crippen LogP contribution in [0, 0.1) is 30.3 Å². The maximum Gasteiger partial charge on any atom is 0.324 e. The minimum absolute atomic E-state index is 0.447. The van der Waals surface area contributed by atoms with Gasteiger partial charge in [0, 0.05) is 0 Å². The van der Waals surface area contributed by atoms with Crippen LogP contribution in [0.4, 0.5) is 17.1 Å². The van der Waals surface area contributed by atoms with E-state index in [1.54, 1.807) is 0 Å². The van der Waals surface area contributed by atoms with Gasteiger partial charge in [-0.2, -0.15) is 0 Å². The van der Waals surface area contributed by atoms with E-state index in [0.717, 1.165) is 12.8 Å². The summed E-state index contributed by atoms with van der Waals surface area (Å²) < 4.78 is 0. The maximum atomic E-state index is 10.4. The van der Waals surface area contributed by atoms with Gasteiger partial charge in [0.05, 0.1) is 26.9 Å². The molecule has 5 aromatic rings. The minimum Gasteiger partial charge on any atom is -0.497 e. The third-order valence-corrected chi connectivity index (χ3v) is 6.08. The lowest BCUT2D eigenvalue weighted by molar-refractivity contribution is -0.404. The van der Waals surface area contributed by atoms with Crippen LogP contribution in [0.5, 0.6) is 5.75 Å². The van der Waals surface area contributed by atoms with Crippen molar-refractivity contribution in [3.8, 4) is 5.75 Å². The fourth-order valence-corrected chi connectivity index (χ4v) is 4.26. The van der Waals surface area contributed by atoms with E-state index in [1.807, 2.05) is 0 Å². The summed E-state index contributed by atoms with van der Waals surface area (Å²) in [5.74, 6) is -1.21. The molecule has 38 heavy (non-hydrogen) atoms. The highest BCUT2D eigenvalue weighted by Gasteiger charge is 2.30. The molecule has 0 aliphatic heterocycles. The Morgan fingerprint density at radius 3 is 1.34 bits per heavy atom. The predicted octanol–water partition coefficient (Wildman–Crippen LogP) is 6.90. The summed E-state index contributed by atoms with van der Waals surface area (Å²) in [5.41, 5.74) is -0.130. The van der Waals surface area contributed by atoms with E-state index in [2.05, 4.69) is 84.9 Å². The molecule has 10 nitrogen and oxygen atoms in total. The van der Waals surface area contributed by atoms with Crippen molar-refractivity contribution < 1.29 is 19.9 Å². The van der Waals surface area contributed by atoms with E-state index in [4.69, 9.17) is 5.11 Å². The van der Waals surface area contributed by atoms with Crippen LogP contribution in [-0.2, 0) is 12.8 Å². The Bertz CT molecular complexity index is 1560. The second-order valence-electron chi connectivity index (χ2n) is 8.38. The monoisotopic (exact) mass is 511 g/mol. The van der Waals surface area contributed by atoms with Crippen molar-refractivity contribution >= 4 is 38.6 Å². The molecule has 0 atom stereocenters. The number of rotatable bonds is 6. The van der Waals surface area contributed by atoms with Gasteiger partial charge in [0.25, 0.3) is 11.4 Å². The number of hydrogen-bond donors (Lipinski definition) is 1. The topological polar surface area (TPSA) is 150 Å². The first-order chi connectivity index (χ1) is 18.3. The summed E-state index contributed by atoms with van der Waals surface area (Å²) >= 11 is 0. The number of aryl methyl sites for hydroxylation is 2. The molecular weight excluding hydrogens is 490 g/mol. The highest BCUT2D eigenvalue weighted by Crippen LogP contribution is 2.39. The molecule has 5 aromatic carbocycles. The van der Waals surface area contributed by atoms with Crippen molar-refractivity contribution in [1.82, 2.24) is 0 Å². The molecule has 0 saturated carbocycles. The van der Waals surface area contributed by atoms with Gasteiger partial charge < -0.3 is 5.11 Å². The number of phenolic OH excluding ortho intramolecular Hbond substituents is 1. The fourth-order valence-electron chi connectivity index (χ4n) is 4.26. The van der Waals surface area contributed by atoms with Crippen LogP contribution in [0.1, 0.15) is 11.1 Å². The first-order valence-electron chi connectivity index (χ1n) is 11.5. The Hall–Kier alpha value is -5.38. The molecule has 0 spiro atoms. The molecule has 0 radical (unpaired) electrons. The summed E-state index contributed by atoms with van der Waals surface area (Å²) in [6.07, 6.45) is 2.16. The molecule has 0 unspecified atom stereocenters. The van der Waals surface area contributed by atoms with E-state index >= 15 is 0 Å². The minimum atomic E-state index is -1.21. The number of phenols is 1. The number of fused-ring (bicyclic) bond motifs is 2. The quantitative estimate of drug-likeness (QED) is 0.192. The molecule has 0 heterocycles. The number of aromatic hydroxyl groups is 1. The molecule has 0 aliphatic rings. The van der Waals surface area contributed by atoms with Gasteiger partial charge in [-0.15, -0.1) is 0 Å². The molecule has 0 aromatic heterocycles. The molecule has 0 saturated heterocycles. The Kier molecular flexibility index (Phi) is 7.53. The van der Waals surface area contributed by atoms with Gasteiger partial charge in [-0.05, 0) is 45.5 Å². The normalized spacial score (nSPS) is 10.5. The van der Waals surface area contributed by atoms with E-state index in [-0.39, 0.29) is 0 Å². The van der Waals surface area contributed by atoms with Gasteiger partial charge in [-0.3, -0.25) is 30.3 Å². The van der Waals surface area contributed by atoms with Crippen molar-refractivity contribution in [3.05, 3.63) is 139 Å². The second-order valence-corrected chi connectivity index (χ2v) is 8.38. The van der Waals surface area contributed by atoms with Crippen LogP contribution in [-0.4, -0.2) is 19.9 Å². The molecule has 1 N–H and O–H groups in total. The summed E-state index contributed by atoms with van der Waals surface area (Å²) in [5, 5.41) is 45.6. The summed E-state index contributed by atoms with van der Waals surface area (Å²) in [6.45, 7) is 0. The zero-order valence-corrected chi connectivity index (χ0v) is 19.9.